The summed E-state index contributed by atoms with van der Waals surface area (Å²) in [6.07, 6.45) is -4.30. The molecule has 0 saturated carbocycles. The average Bonchev–Trinajstić information content (AvgIpc) is 2.69. The van der Waals surface area contributed by atoms with Gasteiger partial charge in [0.15, 0.2) is 0 Å². The molecule has 0 radical (unpaired) electrons. The highest BCUT2D eigenvalue weighted by molar-refractivity contribution is 5.45. The summed E-state index contributed by atoms with van der Waals surface area (Å²) in [5.74, 6) is 0.842. The van der Waals surface area contributed by atoms with Crippen LogP contribution < -0.4 is 10.1 Å². The molecule has 1 aromatic rings. The first-order valence-electron chi connectivity index (χ1n) is 6.82. The van der Waals surface area contributed by atoms with E-state index in [1.165, 1.54) is 0 Å². The second-order valence-corrected chi connectivity index (χ2v) is 5.90. The Morgan fingerprint density at radius 2 is 2.10 bits per heavy atom. The van der Waals surface area contributed by atoms with E-state index in [1.54, 1.807) is 7.05 Å². The van der Waals surface area contributed by atoms with Gasteiger partial charge < -0.3 is 14.8 Å². The number of ether oxygens (including phenoxy) is 2. The monoisotopic (exact) mass is 303 g/mol. The minimum atomic E-state index is -4.30. The van der Waals surface area contributed by atoms with E-state index in [4.69, 9.17) is 9.47 Å². The van der Waals surface area contributed by atoms with E-state index in [0.717, 1.165) is 16.9 Å². The number of alkyl halides is 3. The second-order valence-electron chi connectivity index (χ2n) is 5.90. The van der Waals surface area contributed by atoms with Crippen LogP contribution in [0.2, 0.25) is 0 Å². The summed E-state index contributed by atoms with van der Waals surface area (Å²) >= 11 is 0. The van der Waals surface area contributed by atoms with Crippen LogP contribution in [0.25, 0.3) is 0 Å². The Kier molecular flexibility index (Phi) is 4.49. The van der Waals surface area contributed by atoms with Crippen LogP contribution in [0.1, 0.15) is 31.0 Å². The van der Waals surface area contributed by atoms with Gasteiger partial charge in [-0.05, 0) is 24.7 Å². The minimum absolute atomic E-state index is 0.0317. The molecule has 0 amide bonds. The second kappa shape index (κ2) is 5.85. The van der Waals surface area contributed by atoms with Gasteiger partial charge in [-0.25, -0.2) is 0 Å². The lowest BCUT2D eigenvalue weighted by Crippen LogP contribution is -2.26. The maximum absolute atomic E-state index is 12.1. The number of hydrogen-bond donors (Lipinski definition) is 1. The Bertz CT molecular complexity index is 500. The first kappa shape index (κ1) is 16.1. The molecule has 1 atom stereocenters. The molecule has 1 aromatic carbocycles. The molecule has 1 N–H and O–H groups in total. The lowest BCUT2D eigenvalue weighted by atomic mass is 9.85. The van der Waals surface area contributed by atoms with Gasteiger partial charge in [0.2, 0.25) is 0 Å². The quantitative estimate of drug-likeness (QED) is 0.906. The number of hydrogen-bond acceptors (Lipinski definition) is 3. The zero-order valence-corrected chi connectivity index (χ0v) is 12.4. The molecule has 118 valence electrons. The Hall–Kier alpha value is -1.27. The average molecular weight is 303 g/mol. The number of halogens is 3. The third kappa shape index (κ3) is 3.89. The van der Waals surface area contributed by atoms with Gasteiger partial charge in [0.1, 0.15) is 12.4 Å². The molecule has 3 nitrogen and oxygen atoms in total. The molecule has 0 aliphatic carbocycles. The molecule has 0 spiro atoms. The predicted molar refractivity (Wildman–Crippen MR) is 73.6 cm³/mol. The highest BCUT2D eigenvalue weighted by Gasteiger charge is 2.32. The SMILES string of the molecule is CNC(COCC(F)(F)F)c1ccc2c(c1)C(C)(C)CO2. The van der Waals surface area contributed by atoms with Crippen molar-refractivity contribution >= 4 is 0 Å². The van der Waals surface area contributed by atoms with Crippen LogP contribution in [-0.2, 0) is 10.2 Å². The Labute approximate surface area is 122 Å². The molecule has 1 unspecified atom stereocenters. The summed E-state index contributed by atoms with van der Waals surface area (Å²) in [4.78, 5) is 0. The van der Waals surface area contributed by atoms with Crippen LogP contribution in [0.4, 0.5) is 13.2 Å². The number of fused-ring (bicyclic) bond motifs is 1. The summed E-state index contributed by atoms with van der Waals surface area (Å²) in [6.45, 7) is 3.51. The third-order valence-corrected chi connectivity index (χ3v) is 3.62. The predicted octanol–water partition coefficient (Wildman–Crippen LogP) is 3.20. The zero-order valence-electron chi connectivity index (χ0n) is 12.4. The van der Waals surface area contributed by atoms with Crippen molar-refractivity contribution in [3.8, 4) is 5.75 Å². The van der Waals surface area contributed by atoms with Crippen molar-refractivity contribution in [1.82, 2.24) is 5.32 Å². The molecule has 2 rings (SSSR count). The number of nitrogens with one attached hydrogen (secondary N) is 1. The summed E-state index contributed by atoms with van der Waals surface area (Å²) in [6, 6.07) is 5.43. The van der Waals surface area contributed by atoms with E-state index in [1.807, 2.05) is 18.2 Å². The molecule has 0 aromatic heterocycles. The van der Waals surface area contributed by atoms with E-state index in [0.29, 0.717) is 6.61 Å². The lowest BCUT2D eigenvalue weighted by molar-refractivity contribution is -0.175. The fourth-order valence-corrected chi connectivity index (χ4v) is 2.39. The normalized spacial score (nSPS) is 18.2. The maximum Gasteiger partial charge on any atom is 0.411 e. The van der Waals surface area contributed by atoms with Crippen LogP contribution in [-0.4, -0.2) is 33.0 Å². The highest BCUT2D eigenvalue weighted by atomic mass is 19.4. The van der Waals surface area contributed by atoms with Gasteiger partial charge >= 0.3 is 6.18 Å². The van der Waals surface area contributed by atoms with Gasteiger partial charge in [-0.1, -0.05) is 19.9 Å². The van der Waals surface area contributed by atoms with Gasteiger partial charge in [0, 0.05) is 11.0 Å². The number of rotatable bonds is 5. The number of benzene rings is 1. The molecule has 6 heteroatoms. The fourth-order valence-electron chi connectivity index (χ4n) is 2.39. The molecule has 1 heterocycles. The molecule has 0 fully saturated rings. The molecular weight excluding hydrogens is 283 g/mol. The van der Waals surface area contributed by atoms with Crippen molar-refractivity contribution < 1.29 is 22.6 Å². The van der Waals surface area contributed by atoms with Crippen molar-refractivity contribution in [3.63, 3.8) is 0 Å². The third-order valence-electron chi connectivity index (χ3n) is 3.62. The van der Waals surface area contributed by atoms with E-state index < -0.39 is 12.8 Å². The van der Waals surface area contributed by atoms with Crippen LogP contribution >= 0.6 is 0 Å². The van der Waals surface area contributed by atoms with Crippen LogP contribution in [0.3, 0.4) is 0 Å². The van der Waals surface area contributed by atoms with Crippen molar-refractivity contribution in [2.24, 2.45) is 0 Å². The fraction of sp³-hybridized carbons (Fsp3) is 0.600. The highest BCUT2D eigenvalue weighted by Crippen LogP contribution is 2.39. The van der Waals surface area contributed by atoms with E-state index in [-0.39, 0.29) is 18.1 Å². The summed E-state index contributed by atoms with van der Waals surface area (Å²) in [7, 11) is 1.70. The maximum atomic E-state index is 12.1. The minimum Gasteiger partial charge on any atom is -0.492 e. The summed E-state index contributed by atoms with van der Waals surface area (Å²) < 4.78 is 46.8. The molecule has 0 saturated heterocycles. The van der Waals surface area contributed by atoms with Gasteiger partial charge in [-0.2, -0.15) is 13.2 Å². The molecule has 0 bridgehead atoms. The van der Waals surface area contributed by atoms with Crippen LogP contribution in [0.5, 0.6) is 5.75 Å². The molecule has 1 aliphatic rings. The van der Waals surface area contributed by atoms with Crippen molar-refractivity contribution in [2.75, 3.05) is 26.9 Å². The Balaban J connectivity index is 2.09. The smallest absolute Gasteiger partial charge is 0.411 e. The lowest BCUT2D eigenvalue weighted by Gasteiger charge is -2.20. The molecular formula is C15H20F3NO2. The first-order valence-corrected chi connectivity index (χ1v) is 6.82. The van der Waals surface area contributed by atoms with Crippen molar-refractivity contribution in [2.45, 2.75) is 31.5 Å². The largest absolute Gasteiger partial charge is 0.492 e. The van der Waals surface area contributed by atoms with Crippen molar-refractivity contribution in [3.05, 3.63) is 29.3 Å². The van der Waals surface area contributed by atoms with Gasteiger partial charge in [0.05, 0.1) is 19.3 Å². The molecule has 21 heavy (non-hydrogen) atoms. The van der Waals surface area contributed by atoms with Crippen LogP contribution in [0, 0.1) is 0 Å². The van der Waals surface area contributed by atoms with E-state index >= 15 is 0 Å². The zero-order chi connectivity index (χ0) is 15.7. The topological polar surface area (TPSA) is 30.5 Å². The Morgan fingerprint density at radius 1 is 1.38 bits per heavy atom. The van der Waals surface area contributed by atoms with Gasteiger partial charge in [0.25, 0.3) is 0 Å². The standard InChI is InChI=1S/C15H20F3NO2/c1-14(2)8-21-13-5-4-10(6-11(13)14)12(19-3)7-20-9-15(16,17)18/h4-6,12,19H,7-9H2,1-3H3. The van der Waals surface area contributed by atoms with Crippen LogP contribution in [0.15, 0.2) is 18.2 Å². The van der Waals surface area contributed by atoms with Gasteiger partial charge in [-0.3, -0.25) is 0 Å². The Morgan fingerprint density at radius 3 is 2.71 bits per heavy atom. The first-order chi connectivity index (χ1) is 9.73. The summed E-state index contributed by atoms with van der Waals surface area (Å²) in [5, 5.41) is 2.99. The van der Waals surface area contributed by atoms with Gasteiger partial charge in [-0.15, -0.1) is 0 Å². The van der Waals surface area contributed by atoms with E-state index in [2.05, 4.69) is 19.2 Å². The van der Waals surface area contributed by atoms with Crippen molar-refractivity contribution in [1.29, 1.82) is 0 Å². The summed E-state index contributed by atoms with van der Waals surface area (Å²) in [5.41, 5.74) is 1.89. The molecule has 1 aliphatic heterocycles. The van der Waals surface area contributed by atoms with E-state index in [9.17, 15) is 13.2 Å². The number of likely N-dealkylation sites (N-methyl/N-ethyl adjacent to an activating group) is 1.